The van der Waals surface area contributed by atoms with Gasteiger partial charge in [0.2, 0.25) is 0 Å². The molecule has 5 aliphatic carbocycles. The fourth-order valence-corrected chi connectivity index (χ4v) is 10.5. The zero-order chi connectivity index (χ0) is 23.4. The number of aliphatic hydroxyl groups excluding tert-OH is 2. The third-order valence-electron chi connectivity index (χ3n) is 13.2. The largest absolute Gasteiger partial charge is 0.396 e. The first kappa shape index (κ1) is 23.4. The molecule has 0 aliphatic heterocycles. The SMILES string of the molecule is CC1(C)[C@@H](O)CC[C@]2(C)C3=C(CC[C@@H]12)[C@@]1(C)CC[C@@]2(C)CC[C@@](C)(CO)C[C@H]2[C@]1(C)CC3. The molecule has 0 saturated heterocycles. The minimum absolute atomic E-state index is 0.0185. The van der Waals surface area contributed by atoms with Crippen molar-refractivity contribution in [2.45, 2.75) is 125 Å². The van der Waals surface area contributed by atoms with Gasteiger partial charge < -0.3 is 10.2 Å². The minimum Gasteiger partial charge on any atom is -0.396 e. The van der Waals surface area contributed by atoms with Crippen LogP contribution in [0.2, 0.25) is 0 Å². The molecule has 0 spiro atoms. The van der Waals surface area contributed by atoms with E-state index in [9.17, 15) is 10.2 Å². The molecule has 32 heavy (non-hydrogen) atoms. The van der Waals surface area contributed by atoms with Crippen molar-refractivity contribution in [3.05, 3.63) is 11.1 Å². The summed E-state index contributed by atoms with van der Waals surface area (Å²) in [4.78, 5) is 0. The fourth-order valence-electron chi connectivity index (χ4n) is 10.5. The van der Waals surface area contributed by atoms with Gasteiger partial charge in [-0.15, -0.1) is 0 Å². The molecule has 3 fully saturated rings. The van der Waals surface area contributed by atoms with E-state index < -0.39 is 0 Å². The van der Waals surface area contributed by atoms with Crippen molar-refractivity contribution in [2.24, 2.45) is 44.3 Å². The van der Waals surface area contributed by atoms with Crippen molar-refractivity contribution in [3.8, 4) is 0 Å². The van der Waals surface area contributed by atoms with Crippen LogP contribution in [0.3, 0.4) is 0 Å². The van der Waals surface area contributed by atoms with Gasteiger partial charge in [-0.05, 0) is 115 Å². The first-order chi connectivity index (χ1) is 14.8. The molecule has 2 N–H and O–H groups in total. The van der Waals surface area contributed by atoms with Crippen LogP contribution in [0.4, 0.5) is 0 Å². The van der Waals surface area contributed by atoms with Gasteiger partial charge in [-0.25, -0.2) is 0 Å². The maximum atomic E-state index is 10.9. The number of hydrogen-bond donors (Lipinski definition) is 2. The van der Waals surface area contributed by atoms with Crippen molar-refractivity contribution in [1.82, 2.24) is 0 Å². The molecule has 0 aromatic heterocycles. The van der Waals surface area contributed by atoms with Gasteiger partial charge in [0.05, 0.1) is 6.10 Å². The maximum absolute atomic E-state index is 10.9. The summed E-state index contributed by atoms with van der Waals surface area (Å²) in [5.41, 5.74) is 5.13. The summed E-state index contributed by atoms with van der Waals surface area (Å²) < 4.78 is 0. The Morgan fingerprint density at radius 2 is 1.44 bits per heavy atom. The second-order valence-corrected chi connectivity index (χ2v) is 15.0. The van der Waals surface area contributed by atoms with Gasteiger partial charge >= 0.3 is 0 Å². The van der Waals surface area contributed by atoms with E-state index in [0.717, 1.165) is 12.8 Å². The number of fused-ring (bicyclic) bond motifs is 6. The van der Waals surface area contributed by atoms with E-state index in [-0.39, 0.29) is 22.3 Å². The molecule has 0 aromatic carbocycles. The third kappa shape index (κ3) is 2.78. The zero-order valence-electron chi connectivity index (χ0n) is 22.1. The van der Waals surface area contributed by atoms with E-state index in [2.05, 4.69) is 48.5 Å². The highest BCUT2D eigenvalue weighted by Crippen LogP contribution is 2.75. The summed E-state index contributed by atoms with van der Waals surface area (Å²) in [5.74, 6) is 1.32. The normalized spacial score (nSPS) is 54.8. The summed E-state index contributed by atoms with van der Waals surface area (Å²) in [6, 6.07) is 0. The lowest BCUT2D eigenvalue weighted by atomic mass is 9.35. The summed E-state index contributed by atoms with van der Waals surface area (Å²) in [7, 11) is 0. The van der Waals surface area contributed by atoms with Crippen LogP contribution in [-0.2, 0) is 0 Å². The van der Waals surface area contributed by atoms with E-state index in [1.54, 1.807) is 0 Å². The van der Waals surface area contributed by atoms with E-state index in [1.807, 2.05) is 11.1 Å². The highest BCUT2D eigenvalue weighted by molar-refractivity contribution is 5.38. The fraction of sp³-hybridized carbons (Fsp3) is 0.933. The van der Waals surface area contributed by atoms with Gasteiger partial charge in [-0.3, -0.25) is 0 Å². The minimum atomic E-state index is -0.152. The predicted molar refractivity (Wildman–Crippen MR) is 132 cm³/mol. The van der Waals surface area contributed by atoms with Gasteiger partial charge in [0.1, 0.15) is 0 Å². The maximum Gasteiger partial charge on any atom is 0.0594 e. The van der Waals surface area contributed by atoms with Gasteiger partial charge in [-0.1, -0.05) is 59.6 Å². The Balaban J connectivity index is 1.58. The first-order valence-electron chi connectivity index (χ1n) is 13.8. The van der Waals surface area contributed by atoms with Gasteiger partial charge in [-0.2, -0.15) is 0 Å². The summed E-state index contributed by atoms with van der Waals surface area (Å²) in [6.45, 7) is 17.8. The van der Waals surface area contributed by atoms with Crippen LogP contribution >= 0.6 is 0 Å². The number of hydrogen-bond acceptors (Lipinski definition) is 2. The van der Waals surface area contributed by atoms with Gasteiger partial charge in [0.15, 0.2) is 0 Å². The molecule has 2 nitrogen and oxygen atoms in total. The second kappa shape index (κ2) is 6.87. The molecule has 0 aromatic rings. The third-order valence-corrected chi connectivity index (χ3v) is 13.2. The van der Waals surface area contributed by atoms with E-state index in [0.29, 0.717) is 34.7 Å². The molecule has 2 heteroatoms. The molecule has 5 aliphatic rings. The summed E-state index contributed by atoms with van der Waals surface area (Å²) in [6.07, 6.45) is 13.4. The molecule has 3 saturated carbocycles. The Labute approximate surface area is 197 Å². The Hall–Kier alpha value is -0.340. The average molecular weight is 443 g/mol. The Morgan fingerprint density at radius 1 is 0.750 bits per heavy atom. The summed E-state index contributed by atoms with van der Waals surface area (Å²) >= 11 is 0. The lowest BCUT2D eigenvalue weighted by Crippen LogP contribution is -2.61. The van der Waals surface area contributed by atoms with E-state index in [1.165, 1.54) is 57.8 Å². The molecule has 5 rings (SSSR count). The van der Waals surface area contributed by atoms with Crippen LogP contribution < -0.4 is 0 Å². The highest BCUT2D eigenvalue weighted by Gasteiger charge is 2.66. The molecule has 0 radical (unpaired) electrons. The van der Waals surface area contributed by atoms with Gasteiger partial charge in [0.25, 0.3) is 0 Å². The van der Waals surface area contributed by atoms with E-state index in [4.69, 9.17) is 0 Å². The van der Waals surface area contributed by atoms with Crippen LogP contribution in [0.25, 0.3) is 0 Å². The molecule has 0 heterocycles. The first-order valence-corrected chi connectivity index (χ1v) is 13.8. The van der Waals surface area contributed by atoms with Crippen LogP contribution in [0.15, 0.2) is 11.1 Å². The Morgan fingerprint density at radius 3 is 2.12 bits per heavy atom. The molecule has 0 bridgehead atoms. The lowest BCUT2D eigenvalue weighted by Gasteiger charge is -2.69. The van der Waals surface area contributed by atoms with Crippen molar-refractivity contribution in [2.75, 3.05) is 6.61 Å². The van der Waals surface area contributed by atoms with Crippen LogP contribution in [0.5, 0.6) is 0 Å². The Kier molecular flexibility index (Phi) is 5.02. The monoisotopic (exact) mass is 442 g/mol. The lowest BCUT2D eigenvalue weighted by molar-refractivity contribution is -0.161. The van der Waals surface area contributed by atoms with E-state index >= 15 is 0 Å². The zero-order valence-corrected chi connectivity index (χ0v) is 22.1. The van der Waals surface area contributed by atoms with Crippen molar-refractivity contribution < 1.29 is 10.2 Å². The highest BCUT2D eigenvalue weighted by atomic mass is 16.3. The van der Waals surface area contributed by atoms with Crippen molar-refractivity contribution in [1.29, 1.82) is 0 Å². The molecular weight excluding hydrogens is 392 g/mol. The van der Waals surface area contributed by atoms with Crippen molar-refractivity contribution >= 4 is 0 Å². The smallest absolute Gasteiger partial charge is 0.0594 e. The summed E-state index contributed by atoms with van der Waals surface area (Å²) in [5, 5.41) is 21.1. The van der Waals surface area contributed by atoms with Crippen LogP contribution in [-0.4, -0.2) is 22.9 Å². The standard InChI is InChI=1S/C30H50O2/c1-25(2)22-9-8-21-20(28(22,5)12-11-24(25)32)10-13-30(7)23-18-26(3,19-31)14-15-27(23,4)16-17-29(21,30)6/h22-24,31-32H,8-19H2,1-7H3/t22-,23+,24-,26+,27+,28+,29+,30-/m0/s1. The number of aliphatic hydroxyl groups is 2. The topological polar surface area (TPSA) is 40.5 Å². The molecule has 0 amide bonds. The molecule has 8 atom stereocenters. The predicted octanol–water partition coefficient (Wildman–Crippen LogP) is 7.29. The number of rotatable bonds is 1. The van der Waals surface area contributed by atoms with Gasteiger partial charge in [0, 0.05) is 6.61 Å². The molecular formula is C30H50O2. The second-order valence-electron chi connectivity index (χ2n) is 15.0. The molecule has 0 unspecified atom stereocenters. The molecule has 182 valence electrons. The Bertz CT molecular complexity index is 827. The van der Waals surface area contributed by atoms with Crippen LogP contribution in [0, 0.1) is 44.3 Å². The van der Waals surface area contributed by atoms with Crippen LogP contribution in [0.1, 0.15) is 119 Å². The quantitative estimate of drug-likeness (QED) is 0.419. The number of allylic oxidation sites excluding steroid dienone is 2. The average Bonchev–Trinajstić information content (AvgIpc) is 2.74. The van der Waals surface area contributed by atoms with Crippen molar-refractivity contribution in [3.63, 3.8) is 0 Å².